The Morgan fingerprint density at radius 3 is 2.67 bits per heavy atom. The largest absolute Gasteiger partial charge is 0.491 e. The van der Waals surface area contributed by atoms with Crippen LogP contribution in [0.4, 0.5) is 5.69 Å². The van der Waals surface area contributed by atoms with Gasteiger partial charge in [-0.2, -0.15) is 0 Å². The van der Waals surface area contributed by atoms with Gasteiger partial charge in [0, 0.05) is 35.6 Å². The zero-order valence-corrected chi connectivity index (χ0v) is 21.9. The summed E-state index contributed by atoms with van der Waals surface area (Å²) in [5.41, 5.74) is 3.71. The van der Waals surface area contributed by atoms with Crippen LogP contribution in [0.15, 0.2) is 60.8 Å². The van der Waals surface area contributed by atoms with Crippen molar-refractivity contribution >= 4 is 34.0 Å². The van der Waals surface area contributed by atoms with Gasteiger partial charge in [0.2, 0.25) is 5.91 Å². The summed E-state index contributed by atoms with van der Waals surface area (Å²) < 4.78 is 13.1. The van der Waals surface area contributed by atoms with Gasteiger partial charge >= 0.3 is 5.97 Å². The van der Waals surface area contributed by atoms with Gasteiger partial charge in [-0.1, -0.05) is 38.0 Å². The van der Waals surface area contributed by atoms with Crippen molar-refractivity contribution in [1.29, 1.82) is 0 Å². The van der Waals surface area contributed by atoms with Crippen LogP contribution in [0.2, 0.25) is 0 Å². The van der Waals surface area contributed by atoms with E-state index in [2.05, 4.69) is 54.2 Å². The maximum absolute atomic E-state index is 12.8. The van der Waals surface area contributed by atoms with Gasteiger partial charge in [0.15, 0.2) is 0 Å². The average Bonchev–Trinajstić information content (AvgIpc) is 3.29. The lowest BCUT2D eigenvalue weighted by atomic mass is 10.0. The summed E-state index contributed by atoms with van der Waals surface area (Å²) in [5.74, 6) is 0.116. The van der Waals surface area contributed by atoms with E-state index in [0.717, 1.165) is 17.6 Å². The monoisotopic (exact) mass is 490 g/mol. The standard InChI is InChI=1S/C30H38N2O4/c1-5-7-11-23(4)32-18-17-25-21-24(15-16-27(25)32)22(3)20-29(33)31-26-12-8-9-13-28(26)36-19-10-14-30(34)35-6-2/h8-9,12-13,15-18,20-21,23H,5-7,10-11,14,19H2,1-4H3,(H,31,33)/b22-20+. The summed E-state index contributed by atoms with van der Waals surface area (Å²) in [6.45, 7) is 8.95. The molecule has 192 valence electrons. The Balaban J connectivity index is 1.64. The number of para-hydroxylation sites is 2. The first-order valence-electron chi connectivity index (χ1n) is 12.9. The highest BCUT2D eigenvalue weighted by Gasteiger charge is 2.11. The number of ether oxygens (including phenoxy) is 2. The van der Waals surface area contributed by atoms with Crippen LogP contribution in [0, 0.1) is 0 Å². The molecular formula is C30H38N2O4. The fourth-order valence-electron chi connectivity index (χ4n) is 4.21. The molecule has 3 rings (SSSR count). The quantitative estimate of drug-likeness (QED) is 0.157. The van der Waals surface area contributed by atoms with Crippen LogP contribution in [0.5, 0.6) is 5.75 Å². The number of rotatable bonds is 13. The number of aromatic nitrogens is 1. The van der Waals surface area contributed by atoms with Crippen LogP contribution < -0.4 is 10.1 Å². The minimum Gasteiger partial charge on any atom is -0.491 e. The van der Waals surface area contributed by atoms with E-state index in [4.69, 9.17) is 9.47 Å². The number of carbonyl (C=O) groups excluding carboxylic acids is 2. The number of unbranched alkanes of at least 4 members (excludes halogenated alkanes) is 1. The molecule has 3 aromatic rings. The lowest BCUT2D eigenvalue weighted by Gasteiger charge is -2.15. The van der Waals surface area contributed by atoms with Crippen molar-refractivity contribution < 1.29 is 19.1 Å². The molecule has 36 heavy (non-hydrogen) atoms. The lowest BCUT2D eigenvalue weighted by Crippen LogP contribution is -2.11. The number of anilines is 1. The highest BCUT2D eigenvalue weighted by molar-refractivity contribution is 6.04. The molecule has 0 bridgehead atoms. The zero-order valence-electron chi connectivity index (χ0n) is 21.9. The zero-order chi connectivity index (χ0) is 25.9. The summed E-state index contributed by atoms with van der Waals surface area (Å²) in [6.07, 6.45) is 8.20. The third-order valence-corrected chi connectivity index (χ3v) is 6.21. The molecule has 6 heteroatoms. The number of nitrogens with one attached hydrogen (secondary N) is 1. The summed E-state index contributed by atoms with van der Waals surface area (Å²) >= 11 is 0. The molecule has 1 amide bonds. The Kier molecular flexibility index (Phi) is 10.2. The smallest absolute Gasteiger partial charge is 0.305 e. The van der Waals surface area contributed by atoms with Crippen molar-refractivity contribution in [3.63, 3.8) is 0 Å². The van der Waals surface area contributed by atoms with Gasteiger partial charge in [-0.3, -0.25) is 9.59 Å². The highest BCUT2D eigenvalue weighted by atomic mass is 16.5. The first-order valence-corrected chi connectivity index (χ1v) is 12.9. The van der Waals surface area contributed by atoms with Gasteiger partial charge in [0.1, 0.15) is 5.75 Å². The van der Waals surface area contributed by atoms with Crippen molar-refractivity contribution in [3.05, 3.63) is 66.4 Å². The number of carbonyl (C=O) groups is 2. The first-order chi connectivity index (χ1) is 17.4. The molecule has 0 aliphatic rings. The van der Waals surface area contributed by atoms with Gasteiger partial charge in [0.05, 0.1) is 18.9 Å². The fourth-order valence-corrected chi connectivity index (χ4v) is 4.21. The van der Waals surface area contributed by atoms with Crippen LogP contribution >= 0.6 is 0 Å². The molecule has 1 unspecified atom stereocenters. The Morgan fingerprint density at radius 1 is 1.08 bits per heavy atom. The topological polar surface area (TPSA) is 69.6 Å². The second-order valence-corrected chi connectivity index (χ2v) is 9.06. The van der Waals surface area contributed by atoms with Gasteiger partial charge in [-0.05, 0) is 75.1 Å². The summed E-state index contributed by atoms with van der Waals surface area (Å²) in [5, 5.41) is 4.09. The van der Waals surface area contributed by atoms with Crippen LogP contribution in [0.1, 0.15) is 71.4 Å². The van der Waals surface area contributed by atoms with Crippen LogP contribution in [0.25, 0.3) is 16.5 Å². The lowest BCUT2D eigenvalue weighted by molar-refractivity contribution is -0.143. The van der Waals surface area contributed by atoms with Crippen LogP contribution in [-0.2, 0) is 14.3 Å². The predicted molar refractivity (Wildman–Crippen MR) is 146 cm³/mol. The summed E-state index contributed by atoms with van der Waals surface area (Å²) in [6, 6.07) is 16.3. The van der Waals surface area contributed by atoms with Gasteiger partial charge in [0.25, 0.3) is 0 Å². The molecule has 0 saturated carbocycles. The second-order valence-electron chi connectivity index (χ2n) is 9.06. The molecule has 0 fully saturated rings. The van der Waals surface area contributed by atoms with Crippen LogP contribution in [-0.4, -0.2) is 29.7 Å². The van der Waals surface area contributed by atoms with E-state index < -0.39 is 0 Å². The minimum atomic E-state index is -0.232. The summed E-state index contributed by atoms with van der Waals surface area (Å²) in [7, 11) is 0. The number of amides is 1. The van der Waals surface area contributed by atoms with Gasteiger partial charge < -0.3 is 19.4 Å². The summed E-state index contributed by atoms with van der Waals surface area (Å²) in [4.78, 5) is 24.3. The molecule has 0 saturated heterocycles. The molecule has 2 aromatic carbocycles. The highest BCUT2D eigenvalue weighted by Crippen LogP contribution is 2.27. The van der Waals surface area contributed by atoms with Gasteiger partial charge in [-0.15, -0.1) is 0 Å². The second kappa shape index (κ2) is 13.5. The normalized spacial score (nSPS) is 12.4. The molecule has 1 atom stereocenters. The Bertz CT molecular complexity index is 1190. The number of esters is 1. The molecule has 0 aliphatic heterocycles. The molecule has 0 aliphatic carbocycles. The van der Waals surface area contributed by atoms with Crippen molar-refractivity contribution in [2.45, 2.75) is 65.8 Å². The van der Waals surface area contributed by atoms with E-state index in [1.807, 2.05) is 19.1 Å². The third kappa shape index (κ3) is 7.48. The molecule has 6 nitrogen and oxygen atoms in total. The first kappa shape index (κ1) is 27.1. The number of allylic oxidation sites excluding steroid dienone is 1. The molecule has 1 N–H and O–H groups in total. The van der Waals surface area contributed by atoms with E-state index in [1.54, 1.807) is 25.1 Å². The maximum atomic E-state index is 12.8. The SMILES string of the molecule is CCCCC(C)n1ccc2cc(/C(C)=C/C(=O)Nc3ccccc3OCCCC(=O)OCC)ccc21. The Morgan fingerprint density at radius 2 is 1.89 bits per heavy atom. The van der Waals surface area contributed by atoms with Crippen molar-refractivity contribution in [2.24, 2.45) is 0 Å². The van der Waals surface area contributed by atoms with Crippen molar-refractivity contribution in [2.75, 3.05) is 18.5 Å². The molecule has 0 spiro atoms. The van der Waals surface area contributed by atoms with E-state index in [1.165, 1.54) is 23.7 Å². The Hall–Kier alpha value is -3.54. The van der Waals surface area contributed by atoms with Crippen LogP contribution in [0.3, 0.4) is 0 Å². The molecular weight excluding hydrogens is 452 g/mol. The van der Waals surface area contributed by atoms with Crippen molar-refractivity contribution in [3.8, 4) is 5.75 Å². The molecule has 1 heterocycles. The fraction of sp³-hybridized carbons (Fsp3) is 0.400. The Labute approximate surface area is 214 Å². The minimum absolute atomic E-state index is 0.221. The van der Waals surface area contributed by atoms with Gasteiger partial charge in [-0.25, -0.2) is 0 Å². The van der Waals surface area contributed by atoms with E-state index >= 15 is 0 Å². The number of hydrogen-bond acceptors (Lipinski definition) is 4. The van der Waals surface area contributed by atoms with Crippen molar-refractivity contribution in [1.82, 2.24) is 4.57 Å². The number of hydrogen-bond donors (Lipinski definition) is 1. The molecule has 0 radical (unpaired) electrons. The average molecular weight is 491 g/mol. The third-order valence-electron chi connectivity index (χ3n) is 6.21. The number of nitrogens with zero attached hydrogens (tertiary/aromatic N) is 1. The van der Waals surface area contributed by atoms with E-state index in [9.17, 15) is 9.59 Å². The molecule has 1 aromatic heterocycles. The predicted octanol–water partition coefficient (Wildman–Crippen LogP) is 7.16. The van der Waals surface area contributed by atoms with E-state index in [-0.39, 0.29) is 11.9 Å². The maximum Gasteiger partial charge on any atom is 0.305 e. The number of benzene rings is 2. The van der Waals surface area contributed by atoms with E-state index in [0.29, 0.717) is 43.5 Å². The number of fused-ring (bicyclic) bond motifs is 1.